The van der Waals surface area contributed by atoms with Crippen LogP contribution in [0.15, 0.2) is 41.7 Å². The number of benzene rings is 1. The number of hydrogen-bond acceptors (Lipinski definition) is 5. The van der Waals surface area contributed by atoms with E-state index in [9.17, 15) is 4.79 Å². The van der Waals surface area contributed by atoms with Crippen LogP contribution in [0.5, 0.6) is 5.75 Å². The van der Waals surface area contributed by atoms with Crippen LogP contribution in [0.3, 0.4) is 0 Å². The summed E-state index contributed by atoms with van der Waals surface area (Å²) in [4.78, 5) is 13.1. The summed E-state index contributed by atoms with van der Waals surface area (Å²) in [6.07, 6.45) is 23.5. The number of carbonyl (C=O) groups excluding carboxylic acids is 1. The van der Waals surface area contributed by atoms with Crippen molar-refractivity contribution in [2.75, 3.05) is 6.79 Å². The van der Waals surface area contributed by atoms with Crippen molar-refractivity contribution < 1.29 is 23.7 Å². The fourth-order valence-corrected chi connectivity index (χ4v) is 8.37. The number of ether oxygens (including phenoxy) is 4. The van der Waals surface area contributed by atoms with Crippen LogP contribution < -0.4 is 4.74 Å². The first-order valence-electron chi connectivity index (χ1n) is 18.2. The fraction of sp³-hybridized carbons (Fsp3) is 0.725. The molecule has 3 saturated carbocycles. The first-order chi connectivity index (χ1) is 21.4. The van der Waals surface area contributed by atoms with Gasteiger partial charge in [0.25, 0.3) is 0 Å². The highest BCUT2D eigenvalue weighted by Gasteiger charge is 2.43. The van der Waals surface area contributed by atoms with Crippen molar-refractivity contribution >= 4 is 6.16 Å². The summed E-state index contributed by atoms with van der Waals surface area (Å²) in [5.74, 6) is 2.97. The van der Waals surface area contributed by atoms with Gasteiger partial charge in [0.15, 0.2) is 6.79 Å². The molecule has 1 unspecified atom stereocenters. The Morgan fingerprint density at radius 2 is 1.42 bits per heavy atom. The summed E-state index contributed by atoms with van der Waals surface area (Å²) in [5, 5.41) is 0. The molecule has 1 aromatic carbocycles. The van der Waals surface area contributed by atoms with Crippen LogP contribution in [0.2, 0.25) is 0 Å². The third-order valence-corrected chi connectivity index (χ3v) is 10.7. The molecule has 0 saturated heterocycles. The Morgan fingerprint density at radius 1 is 0.800 bits per heavy atom. The molecule has 5 rings (SSSR count). The topological polar surface area (TPSA) is 54.0 Å². The maximum absolute atomic E-state index is 13.1. The lowest BCUT2D eigenvalue weighted by Gasteiger charge is -2.45. The van der Waals surface area contributed by atoms with E-state index in [0.717, 1.165) is 43.6 Å². The highest BCUT2D eigenvalue weighted by molar-refractivity contribution is 5.63. The highest BCUT2D eigenvalue weighted by atomic mass is 16.7. The zero-order valence-corrected chi connectivity index (χ0v) is 29.2. The van der Waals surface area contributed by atoms with Crippen molar-refractivity contribution in [1.82, 2.24) is 0 Å². The molecule has 0 heterocycles. The van der Waals surface area contributed by atoms with Gasteiger partial charge in [0.05, 0.1) is 5.60 Å². The maximum Gasteiger partial charge on any atom is 0.514 e. The Balaban J connectivity index is 1.50. The molecule has 0 spiro atoms. The van der Waals surface area contributed by atoms with Gasteiger partial charge in [-0.25, -0.2) is 4.79 Å². The van der Waals surface area contributed by atoms with E-state index in [1.807, 2.05) is 20.8 Å². The van der Waals surface area contributed by atoms with Crippen LogP contribution in [-0.4, -0.2) is 24.2 Å². The molecule has 250 valence electrons. The molecule has 0 aromatic heterocycles. The Kier molecular flexibility index (Phi) is 11.1. The second-order valence-electron chi connectivity index (χ2n) is 16.3. The molecule has 4 aliphatic carbocycles. The predicted octanol–water partition coefficient (Wildman–Crippen LogP) is 11.4. The summed E-state index contributed by atoms with van der Waals surface area (Å²) in [6.45, 7) is 12.2. The zero-order chi connectivity index (χ0) is 32.1. The van der Waals surface area contributed by atoms with E-state index in [-0.39, 0.29) is 23.7 Å². The van der Waals surface area contributed by atoms with Crippen molar-refractivity contribution in [1.29, 1.82) is 0 Å². The van der Waals surface area contributed by atoms with Gasteiger partial charge < -0.3 is 18.9 Å². The Morgan fingerprint density at radius 3 is 2.04 bits per heavy atom. The number of rotatable bonds is 8. The third-order valence-electron chi connectivity index (χ3n) is 10.7. The highest BCUT2D eigenvalue weighted by Crippen LogP contribution is 2.52. The van der Waals surface area contributed by atoms with Crippen molar-refractivity contribution in [2.24, 2.45) is 11.8 Å². The van der Waals surface area contributed by atoms with E-state index in [1.54, 1.807) is 0 Å². The molecule has 0 aliphatic heterocycles. The van der Waals surface area contributed by atoms with E-state index >= 15 is 0 Å². The molecule has 1 aromatic rings. The maximum atomic E-state index is 13.1. The minimum atomic E-state index is -0.599. The molecule has 5 heteroatoms. The summed E-state index contributed by atoms with van der Waals surface area (Å²) in [5.41, 5.74) is 3.03. The van der Waals surface area contributed by atoms with Crippen molar-refractivity contribution in [2.45, 2.75) is 167 Å². The molecule has 0 radical (unpaired) electrons. The summed E-state index contributed by atoms with van der Waals surface area (Å²) < 4.78 is 24.4. The summed E-state index contributed by atoms with van der Waals surface area (Å²) in [6, 6.07) is 7.15. The van der Waals surface area contributed by atoms with Crippen molar-refractivity contribution in [3.8, 4) is 5.75 Å². The van der Waals surface area contributed by atoms with Crippen LogP contribution >= 0.6 is 0 Å². The van der Waals surface area contributed by atoms with Crippen LogP contribution in [-0.2, 0) is 19.6 Å². The van der Waals surface area contributed by atoms with Gasteiger partial charge in [-0.05, 0) is 133 Å². The second-order valence-corrected chi connectivity index (χ2v) is 16.3. The molecule has 45 heavy (non-hydrogen) atoms. The third kappa shape index (κ3) is 8.96. The normalized spacial score (nSPS) is 23.6. The van der Waals surface area contributed by atoms with E-state index < -0.39 is 11.8 Å². The van der Waals surface area contributed by atoms with Crippen LogP contribution in [0.1, 0.15) is 161 Å². The average molecular weight is 621 g/mol. The molecular weight excluding hydrogens is 560 g/mol. The van der Waals surface area contributed by atoms with Crippen LogP contribution in [0.4, 0.5) is 4.79 Å². The fourth-order valence-electron chi connectivity index (χ4n) is 8.37. The van der Waals surface area contributed by atoms with Crippen molar-refractivity contribution in [3.05, 3.63) is 52.8 Å². The van der Waals surface area contributed by atoms with E-state index in [1.165, 1.54) is 87.3 Å². The first-order valence-corrected chi connectivity index (χ1v) is 18.2. The van der Waals surface area contributed by atoms with Gasteiger partial charge in [0.1, 0.15) is 17.1 Å². The lowest BCUT2D eigenvalue weighted by atomic mass is 9.59. The Bertz CT molecular complexity index is 1190. The van der Waals surface area contributed by atoms with Crippen LogP contribution in [0, 0.1) is 11.8 Å². The number of carbonyl (C=O) groups is 1. The average Bonchev–Trinajstić information content (AvgIpc) is 3.00. The Labute approximate surface area is 273 Å². The number of hydrogen-bond donors (Lipinski definition) is 0. The van der Waals surface area contributed by atoms with Gasteiger partial charge in [0, 0.05) is 5.41 Å². The largest absolute Gasteiger partial charge is 0.514 e. The lowest BCUT2D eigenvalue weighted by molar-refractivity contribution is -0.0763. The molecule has 0 bridgehead atoms. The SMILES string of the molecule is CC(C)(C)OCOc1cc(C2(C3C=C(OC(=O)OC(C)(C)C)C(C4CCCCC4)=CC3)CCCCC2)ccc1C1CCCCC1. The lowest BCUT2D eigenvalue weighted by Crippen LogP contribution is -2.38. The zero-order valence-electron chi connectivity index (χ0n) is 29.2. The number of allylic oxidation sites excluding steroid dienone is 3. The second kappa shape index (κ2) is 14.7. The molecule has 4 aliphatic rings. The standard InChI is InChI=1S/C40H60O5/c1-38(2,3)43-28-42-35-26-31(20-22-33(35)29-16-10-7-11-17-29)40(24-14-9-15-25-40)32-21-23-34(30-18-12-8-13-19-30)36(27-32)44-37(41)45-39(4,5)6/h20,22-23,26-27,29-30,32H,7-19,21,24-25,28H2,1-6H3. The smallest absolute Gasteiger partial charge is 0.467 e. The van der Waals surface area contributed by atoms with Gasteiger partial charge in [-0.3, -0.25) is 0 Å². The van der Waals surface area contributed by atoms with Gasteiger partial charge in [-0.15, -0.1) is 0 Å². The predicted molar refractivity (Wildman–Crippen MR) is 182 cm³/mol. The summed E-state index contributed by atoms with van der Waals surface area (Å²) in [7, 11) is 0. The molecule has 3 fully saturated rings. The minimum Gasteiger partial charge on any atom is -0.467 e. The quantitative estimate of drug-likeness (QED) is 0.214. The molecule has 0 N–H and O–H groups in total. The van der Waals surface area contributed by atoms with Gasteiger partial charge in [-0.1, -0.05) is 76.0 Å². The Hall–Kier alpha value is -2.27. The molecule has 5 nitrogen and oxygen atoms in total. The summed E-state index contributed by atoms with van der Waals surface area (Å²) >= 11 is 0. The van der Waals surface area contributed by atoms with Crippen molar-refractivity contribution in [3.63, 3.8) is 0 Å². The van der Waals surface area contributed by atoms with Gasteiger partial charge in [-0.2, -0.15) is 0 Å². The van der Waals surface area contributed by atoms with E-state index in [4.69, 9.17) is 18.9 Å². The van der Waals surface area contributed by atoms with E-state index in [0.29, 0.717) is 11.8 Å². The molecule has 0 amide bonds. The van der Waals surface area contributed by atoms with Gasteiger partial charge >= 0.3 is 6.16 Å². The van der Waals surface area contributed by atoms with Gasteiger partial charge in [0.2, 0.25) is 0 Å². The van der Waals surface area contributed by atoms with Crippen LogP contribution in [0.25, 0.3) is 0 Å². The molecular formula is C40H60O5. The monoisotopic (exact) mass is 620 g/mol. The molecule has 1 atom stereocenters. The first kappa shape index (κ1) is 34.1. The minimum absolute atomic E-state index is 0.0382. The van der Waals surface area contributed by atoms with E-state index in [2.05, 4.69) is 51.1 Å².